The topological polar surface area (TPSA) is 66.8 Å². The van der Waals surface area contributed by atoms with Crippen LogP contribution < -0.4 is 0 Å². The van der Waals surface area contributed by atoms with Crippen LogP contribution in [0, 0.1) is 12.8 Å². The number of carbonyl (C=O) groups excluding carboxylic acids is 1. The normalized spacial score (nSPS) is 21.7. The van der Waals surface area contributed by atoms with E-state index in [1.807, 2.05) is 31.2 Å². The highest BCUT2D eigenvalue weighted by Crippen LogP contribution is 2.20. The first-order chi connectivity index (χ1) is 9.49. The fourth-order valence-corrected chi connectivity index (χ4v) is 2.47. The molecule has 20 heavy (non-hydrogen) atoms. The Balaban J connectivity index is 2.03. The average Bonchev–Trinajstić information content (AvgIpc) is 2.87. The number of aryl methyl sites for hydroxylation is 1. The zero-order chi connectivity index (χ0) is 14.7. The Hall–Kier alpha value is -1.88. The van der Waals surface area contributed by atoms with Gasteiger partial charge in [-0.25, -0.2) is 0 Å². The van der Waals surface area contributed by atoms with E-state index in [4.69, 9.17) is 9.84 Å². The maximum absolute atomic E-state index is 12.3. The molecule has 2 atom stereocenters. The Labute approximate surface area is 118 Å². The molecule has 1 saturated heterocycles. The third-order valence-electron chi connectivity index (χ3n) is 3.70. The summed E-state index contributed by atoms with van der Waals surface area (Å²) in [6.45, 7) is 2.43. The van der Waals surface area contributed by atoms with Gasteiger partial charge < -0.3 is 14.7 Å². The first-order valence-electron chi connectivity index (χ1n) is 6.61. The molecule has 0 radical (unpaired) electrons. The third-order valence-corrected chi connectivity index (χ3v) is 3.70. The molecule has 108 valence electrons. The first-order valence-corrected chi connectivity index (χ1v) is 6.61. The quantitative estimate of drug-likeness (QED) is 0.895. The standard InChI is InChI=1S/C15H19NO4/c1-10-4-3-5-11(6-10)7-14(17)16(2)13-9-20-8-12(13)15(18)19/h3-6,12-13H,7-9H2,1-2H3,(H,18,19). The van der Waals surface area contributed by atoms with Crippen molar-refractivity contribution in [3.05, 3.63) is 35.4 Å². The molecule has 1 aliphatic heterocycles. The van der Waals surface area contributed by atoms with Crippen molar-refractivity contribution in [2.24, 2.45) is 5.92 Å². The van der Waals surface area contributed by atoms with Crippen molar-refractivity contribution in [3.63, 3.8) is 0 Å². The maximum atomic E-state index is 12.3. The highest BCUT2D eigenvalue weighted by Gasteiger charge is 2.38. The molecule has 0 aromatic heterocycles. The number of hydrogen-bond donors (Lipinski definition) is 1. The Morgan fingerprint density at radius 2 is 2.15 bits per heavy atom. The lowest BCUT2D eigenvalue weighted by atomic mass is 10.0. The lowest BCUT2D eigenvalue weighted by molar-refractivity contribution is -0.144. The van der Waals surface area contributed by atoms with E-state index >= 15 is 0 Å². The van der Waals surface area contributed by atoms with Gasteiger partial charge in [0.25, 0.3) is 0 Å². The fourth-order valence-electron chi connectivity index (χ4n) is 2.47. The van der Waals surface area contributed by atoms with Crippen LogP contribution >= 0.6 is 0 Å². The SMILES string of the molecule is Cc1cccc(CC(=O)N(C)C2COCC2C(=O)O)c1. The lowest BCUT2D eigenvalue weighted by Gasteiger charge is -2.26. The monoisotopic (exact) mass is 277 g/mol. The number of hydrogen-bond acceptors (Lipinski definition) is 3. The van der Waals surface area contributed by atoms with Gasteiger partial charge in [0, 0.05) is 7.05 Å². The zero-order valence-electron chi connectivity index (χ0n) is 11.7. The van der Waals surface area contributed by atoms with Crippen LogP contribution in [0.4, 0.5) is 0 Å². The van der Waals surface area contributed by atoms with Gasteiger partial charge in [-0.3, -0.25) is 9.59 Å². The van der Waals surface area contributed by atoms with Gasteiger partial charge >= 0.3 is 5.97 Å². The number of carboxylic acids is 1. The molecule has 5 nitrogen and oxygen atoms in total. The van der Waals surface area contributed by atoms with Gasteiger partial charge in [-0.05, 0) is 12.5 Å². The summed E-state index contributed by atoms with van der Waals surface area (Å²) >= 11 is 0. The summed E-state index contributed by atoms with van der Waals surface area (Å²) in [5, 5.41) is 9.12. The van der Waals surface area contributed by atoms with Crippen LogP contribution in [0.1, 0.15) is 11.1 Å². The number of benzene rings is 1. The molecule has 0 bridgehead atoms. The largest absolute Gasteiger partial charge is 0.481 e. The second-order valence-corrected chi connectivity index (χ2v) is 5.22. The Morgan fingerprint density at radius 3 is 2.80 bits per heavy atom. The summed E-state index contributed by atoms with van der Waals surface area (Å²) < 4.78 is 5.20. The summed E-state index contributed by atoms with van der Waals surface area (Å²) in [4.78, 5) is 24.9. The molecule has 1 heterocycles. The number of carbonyl (C=O) groups is 2. The summed E-state index contributed by atoms with van der Waals surface area (Å²) in [5.74, 6) is -1.64. The summed E-state index contributed by atoms with van der Waals surface area (Å²) in [6.07, 6.45) is 0.279. The molecule has 2 rings (SSSR count). The smallest absolute Gasteiger partial charge is 0.311 e. The van der Waals surface area contributed by atoms with Crippen molar-refractivity contribution >= 4 is 11.9 Å². The molecule has 1 aromatic rings. The second kappa shape index (κ2) is 6.05. The Bertz CT molecular complexity index is 514. The molecule has 0 saturated carbocycles. The van der Waals surface area contributed by atoms with E-state index in [0.29, 0.717) is 0 Å². The van der Waals surface area contributed by atoms with E-state index in [-0.39, 0.29) is 31.6 Å². The molecule has 1 amide bonds. The molecule has 1 N–H and O–H groups in total. The second-order valence-electron chi connectivity index (χ2n) is 5.22. The van der Waals surface area contributed by atoms with E-state index in [0.717, 1.165) is 11.1 Å². The van der Waals surface area contributed by atoms with Gasteiger partial charge in [0.1, 0.15) is 5.92 Å². The van der Waals surface area contributed by atoms with Gasteiger partial charge in [0.2, 0.25) is 5.91 Å². The van der Waals surface area contributed by atoms with Gasteiger partial charge in [-0.2, -0.15) is 0 Å². The molecule has 2 unspecified atom stereocenters. The van der Waals surface area contributed by atoms with Crippen LogP contribution in [0.25, 0.3) is 0 Å². The number of ether oxygens (including phenoxy) is 1. The summed E-state index contributed by atoms with van der Waals surface area (Å²) in [6, 6.07) is 7.37. The van der Waals surface area contributed by atoms with E-state index < -0.39 is 11.9 Å². The van der Waals surface area contributed by atoms with Crippen molar-refractivity contribution in [2.75, 3.05) is 20.3 Å². The minimum Gasteiger partial charge on any atom is -0.481 e. The molecule has 5 heteroatoms. The maximum Gasteiger partial charge on any atom is 0.311 e. The molecule has 1 fully saturated rings. The Morgan fingerprint density at radius 1 is 1.40 bits per heavy atom. The average molecular weight is 277 g/mol. The van der Waals surface area contributed by atoms with Crippen molar-refractivity contribution < 1.29 is 19.4 Å². The van der Waals surface area contributed by atoms with E-state index in [2.05, 4.69) is 0 Å². The number of rotatable bonds is 4. The number of aliphatic carboxylic acids is 1. The van der Waals surface area contributed by atoms with E-state index in [1.165, 1.54) is 4.90 Å². The van der Waals surface area contributed by atoms with Gasteiger partial charge in [0.05, 0.1) is 25.7 Å². The van der Waals surface area contributed by atoms with Crippen molar-refractivity contribution in [2.45, 2.75) is 19.4 Å². The predicted octanol–water partition coefficient (Wildman–Crippen LogP) is 1.10. The van der Waals surface area contributed by atoms with Crippen LogP contribution in [0.5, 0.6) is 0 Å². The highest BCUT2D eigenvalue weighted by molar-refractivity contribution is 5.80. The zero-order valence-corrected chi connectivity index (χ0v) is 11.7. The Kier molecular flexibility index (Phi) is 4.39. The lowest BCUT2D eigenvalue weighted by Crippen LogP contribution is -2.44. The van der Waals surface area contributed by atoms with Crippen LogP contribution in [0.15, 0.2) is 24.3 Å². The fraction of sp³-hybridized carbons (Fsp3) is 0.467. The van der Waals surface area contributed by atoms with Gasteiger partial charge in [-0.15, -0.1) is 0 Å². The van der Waals surface area contributed by atoms with E-state index in [1.54, 1.807) is 7.05 Å². The highest BCUT2D eigenvalue weighted by atomic mass is 16.5. The first kappa shape index (κ1) is 14.5. The van der Waals surface area contributed by atoms with Gasteiger partial charge in [-0.1, -0.05) is 29.8 Å². The molecule has 0 aliphatic carbocycles. The number of amides is 1. The van der Waals surface area contributed by atoms with Gasteiger partial charge in [0.15, 0.2) is 0 Å². The predicted molar refractivity (Wildman–Crippen MR) is 73.4 cm³/mol. The molecule has 1 aromatic carbocycles. The summed E-state index contributed by atoms with van der Waals surface area (Å²) in [7, 11) is 1.65. The van der Waals surface area contributed by atoms with Crippen LogP contribution in [0.3, 0.4) is 0 Å². The number of nitrogens with zero attached hydrogens (tertiary/aromatic N) is 1. The van der Waals surface area contributed by atoms with Crippen LogP contribution in [-0.4, -0.2) is 48.2 Å². The van der Waals surface area contributed by atoms with Crippen LogP contribution in [-0.2, 0) is 20.7 Å². The van der Waals surface area contributed by atoms with Crippen LogP contribution in [0.2, 0.25) is 0 Å². The van der Waals surface area contributed by atoms with Crippen molar-refractivity contribution in [1.82, 2.24) is 4.90 Å². The molecular weight excluding hydrogens is 258 g/mol. The summed E-state index contributed by atoms with van der Waals surface area (Å²) in [5.41, 5.74) is 2.04. The van der Waals surface area contributed by atoms with Crippen molar-refractivity contribution in [1.29, 1.82) is 0 Å². The number of likely N-dealkylation sites (N-methyl/N-ethyl adjacent to an activating group) is 1. The third kappa shape index (κ3) is 3.17. The molecular formula is C15H19NO4. The molecule has 1 aliphatic rings. The van der Waals surface area contributed by atoms with E-state index in [9.17, 15) is 9.59 Å². The van der Waals surface area contributed by atoms with Crippen molar-refractivity contribution in [3.8, 4) is 0 Å². The number of carboxylic acid groups (broad SMARTS) is 1. The molecule has 0 spiro atoms. The minimum absolute atomic E-state index is 0.0858. The minimum atomic E-state index is -0.914.